The molecule has 2 unspecified atom stereocenters. The lowest BCUT2D eigenvalue weighted by Crippen LogP contribution is -2.09. The van der Waals surface area contributed by atoms with Gasteiger partial charge in [-0.05, 0) is 48.1 Å². The van der Waals surface area contributed by atoms with Crippen molar-refractivity contribution in [3.05, 3.63) is 39.1 Å². The standard InChI is InChI=1S/C16H23N2O5P/c1-4-11(2)14-6-5-7-15(12(3)13-8-9-13)16(14)22-10-23-24(21,17-19)18-20/h5-7,11-13H,4,8-10H2,1-3H3. The first-order valence-electron chi connectivity index (χ1n) is 8.15. The van der Waals surface area contributed by atoms with Crippen molar-refractivity contribution in [2.75, 3.05) is 6.79 Å². The Bertz CT molecular complexity index is 635. The zero-order valence-electron chi connectivity index (χ0n) is 14.2. The molecule has 1 aliphatic carbocycles. The summed E-state index contributed by atoms with van der Waals surface area (Å²) < 4.78 is 21.9. The van der Waals surface area contributed by atoms with Crippen LogP contribution in [0, 0.1) is 15.7 Å². The lowest BCUT2D eigenvalue weighted by Gasteiger charge is -2.22. The van der Waals surface area contributed by atoms with Crippen LogP contribution in [0.15, 0.2) is 28.1 Å². The monoisotopic (exact) mass is 354 g/mol. The van der Waals surface area contributed by atoms with E-state index in [1.807, 2.05) is 18.2 Å². The summed E-state index contributed by atoms with van der Waals surface area (Å²) in [6.45, 7) is 5.83. The summed E-state index contributed by atoms with van der Waals surface area (Å²) in [4.78, 5) is 25.1. The van der Waals surface area contributed by atoms with Gasteiger partial charge in [-0.2, -0.15) is 0 Å². The molecule has 2 atom stereocenters. The molecule has 2 rings (SSSR count). The molecule has 1 fully saturated rings. The summed E-state index contributed by atoms with van der Waals surface area (Å²) in [5.41, 5.74) is 2.09. The summed E-state index contributed by atoms with van der Waals surface area (Å²) in [6, 6.07) is 6.01. The fourth-order valence-electron chi connectivity index (χ4n) is 2.77. The van der Waals surface area contributed by atoms with Gasteiger partial charge in [-0.15, -0.1) is 9.81 Å². The summed E-state index contributed by atoms with van der Waals surface area (Å²) in [6.07, 6.45) is 3.33. The van der Waals surface area contributed by atoms with Gasteiger partial charge in [-0.1, -0.05) is 39.0 Å². The zero-order valence-corrected chi connectivity index (χ0v) is 15.1. The van der Waals surface area contributed by atoms with E-state index < -0.39 is 14.5 Å². The third kappa shape index (κ3) is 4.28. The Morgan fingerprint density at radius 1 is 1.21 bits per heavy atom. The summed E-state index contributed by atoms with van der Waals surface area (Å²) in [5.74, 6) is 1.92. The SMILES string of the molecule is CCC(C)c1cccc(C(C)C2CC2)c1OCOP(=O)(N=O)N=O. The minimum atomic E-state index is -4.40. The Labute approximate surface area is 141 Å². The molecule has 0 N–H and O–H groups in total. The van der Waals surface area contributed by atoms with Gasteiger partial charge in [0.15, 0.2) is 6.79 Å². The number of nitroso groups, excluding NO2 is 2. The van der Waals surface area contributed by atoms with Crippen LogP contribution in [0.25, 0.3) is 0 Å². The van der Waals surface area contributed by atoms with Gasteiger partial charge < -0.3 is 4.74 Å². The second-order valence-corrected chi connectivity index (χ2v) is 7.81. The van der Waals surface area contributed by atoms with Gasteiger partial charge in [0, 0.05) is 9.89 Å². The Morgan fingerprint density at radius 2 is 1.83 bits per heavy atom. The predicted molar refractivity (Wildman–Crippen MR) is 92.1 cm³/mol. The van der Waals surface area contributed by atoms with E-state index in [4.69, 9.17) is 4.74 Å². The summed E-state index contributed by atoms with van der Waals surface area (Å²) in [7, 11) is -4.40. The molecule has 24 heavy (non-hydrogen) atoms. The Balaban J connectivity index is 2.25. The molecule has 8 heteroatoms. The highest BCUT2D eigenvalue weighted by molar-refractivity contribution is 7.55. The van der Waals surface area contributed by atoms with E-state index in [0.717, 1.165) is 17.5 Å². The number of rotatable bonds is 10. The van der Waals surface area contributed by atoms with Gasteiger partial charge in [0.1, 0.15) is 5.75 Å². The van der Waals surface area contributed by atoms with Gasteiger partial charge >= 0.3 is 7.67 Å². The number of benzene rings is 1. The fraction of sp³-hybridized carbons (Fsp3) is 0.625. The molecule has 0 heterocycles. The second-order valence-electron chi connectivity index (χ2n) is 6.25. The Hall–Kier alpha value is -1.59. The Kier molecular flexibility index (Phi) is 6.24. The van der Waals surface area contributed by atoms with Crippen molar-refractivity contribution in [2.45, 2.75) is 51.9 Å². The maximum Gasteiger partial charge on any atom is 0.507 e. The van der Waals surface area contributed by atoms with Crippen molar-refractivity contribution in [2.24, 2.45) is 15.8 Å². The van der Waals surface area contributed by atoms with Crippen LogP contribution < -0.4 is 4.74 Å². The van der Waals surface area contributed by atoms with E-state index in [-0.39, 0.29) is 5.92 Å². The lowest BCUT2D eigenvalue weighted by molar-refractivity contribution is 0.119. The molecule has 1 saturated carbocycles. The average molecular weight is 354 g/mol. The molecule has 0 saturated heterocycles. The largest absolute Gasteiger partial charge is 0.507 e. The van der Waals surface area contributed by atoms with Gasteiger partial charge in [0.2, 0.25) is 0 Å². The van der Waals surface area contributed by atoms with Gasteiger partial charge in [0.25, 0.3) is 0 Å². The predicted octanol–water partition coefficient (Wildman–Crippen LogP) is 5.71. The van der Waals surface area contributed by atoms with Crippen LogP contribution >= 0.6 is 7.67 Å². The van der Waals surface area contributed by atoms with Gasteiger partial charge in [-0.25, -0.2) is 4.57 Å². The van der Waals surface area contributed by atoms with Crippen LogP contribution in [0.2, 0.25) is 0 Å². The molecule has 0 aromatic heterocycles. The molecule has 0 bridgehead atoms. The normalized spacial score (nSPS) is 17.1. The third-order valence-corrected chi connectivity index (χ3v) is 5.52. The molecule has 0 aliphatic heterocycles. The first kappa shape index (κ1) is 18.7. The van der Waals surface area contributed by atoms with Gasteiger partial charge in [0.05, 0.1) is 0 Å². The van der Waals surface area contributed by atoms with Crippen molar-refractivity contribution in [1.82, 2.24) is 0 Å². The molecule has 0 spiro atoms. The third-order valence-electron chi connectivity index (χ3n) is 4.67. The number of nitrogens with zero attached hydrogens (tertiary/aromatic N) is 2. The minimum absolute atomic E-state index is 0.270. The van der Waals surface area contributed by atoms with E-state index in [0.29, 0.717) is 17.6 Å². The molecular weight excluding hydrogens is 331 g/mol. The Morgan fingerprint density at radius 3 is 2.38 bits per heavy atom. The van der Waals surface area contributed by atoms with E-state index >= 15 is 0 Å². The average Bonchev–Trinajstić information content (AvgIpc) is 3.45. The maximum absolute atomic E-state index is 11.5. The minimum Gasteiger partial charge on any atom is -0.466 e. The van der Waals surface area contributed by atoms with Crippen molar-refractivity contribution < 1.29 is 13.8 Å². The summed E-state index contributed by atoms with van der Waals surface area (Å²) in [5, 5.41) is 0. The van der Waals surface area contributed by atoms with Crippen LogP contribution in [-0.4, -0.2) is 6.79 Å². The lowest BCUT2D eigenvalue weighted by atomic mass is 9.89. The van der Waals surface area contributed by atoms with Crippen LogP contribution in [0.4, 0.5) is 0 Å². The van der Waals surface area contributed by atoms with E-state index in [2.05, 4.69) is 35.2 Å². The molecule has 1 aliphatic rings. The summed E-state index contributed by atoms with van der Waals surface area (Å²) >= 11 is 0. The maximum atomic E-state index is 11.5. The van der Waals surface area contributed by atoms with Crippen molar-refractivity contribution >= 4 is 7.67 Å². The van der Waals surface area contributed by atoms with E-state index in [9.17, 15) is 14.4 Å². The van der Waals surface area contributed by atoms with Crippen LogP contribution in [0.1, 0.15) is 63.0 Å². The molecular formula is C16H23N2O5P. The quantitative estimate of drug-likeness (QED) is 0.305. The number of para-hydroxylation sites is 1. The number of hydrogen-bond donors (Lipinski definition) is 0. The van der Waals surface area contributed by atoms with Crippen molar-refractivity contribution in [3.8, 4) is 5.75 Å². The highest BCUT2D eigenvalue weighted by Crippen LogP contribution is 2.50. The van der Waals surface area contributed by atoms with Crippen LogP contribution in [0.3, 0.4) is 0 Å². The second kappa shape index (κ2) is 7.99. The van der Waals surface area contributed by atoms with Crippen LogP contribution in [0.5, 0.6) is 5.75 Å². The highest BCUT2D eigenvalue weighted by atomic mass is 31.2. The molecule has 1 aromatic rings. The van der Waals surface area contributed by atoms with Crippen molar-refractivity contribution in [3.63, 3.8) is 0 Å². The molecule has 1 aromatic carbocycles. The smallest absolute Gasteiger partial charge is 0.466 e. The molecule has 7 nitrogen and oxygen atoms in total. The van der Waals surface area contributed by atoms with Crippen LogP contribution in [-0.2, 0) is 9.09 Å². The first-order valence-corrected chi connectivity index (χ1v) is 9.68. The molecule has 0 amide bonds. The molecule has 132 valence electrons. The van der Waals surface area contributed by atoms with Crippen molar-refractivity contribution in [1.29, 1.82) is 0 Å². The highest BCUT2D eigenvalue weighted by Gasteiger charge is 2.32. The first-order chi connectivity index (χ1) is 11.5. The number of ether oxygens (including phenoxy) is 1. The van der Waals surface area contributed by atoms with E-state index in [1.165, 1.54) is 12.8 Å². The molecule has 0 radical (unpaired) electrons. The van der Waals surface area contributed by atoms with E-state index in [1.54, 1.807) is 0 Å². The van der Waals surface area contributed by atoms with Gasteiger partial charge in [-0.3, -0.25) is 4.52 Å². The fourth-order valence-corrected chi connectivity index (χ4v) is 3.09. The number of hydrogen-bond acceptors (Lipinski definition) is 5. The zero-order chi connectivity index (χ0) is 17.7. The topological polar surface area (TPSA) is 94.4 Å².